The molecule has 4 aliphatic carbocycles. The molecule has 0 radical (unpaired) electrons. The number of Topliss-reactive ketones (excluding diaryl/α,β-unsaturated/α-hetero) is 2. The molecular formula is C27H32O2. The molecule has 0 aliphatic heterocycles. The molecule has 0 unspecified atom stereocenters. The van der Waals surface area contributed by atoms with Crippen molar-refractivity contribution in [3.05, 3.63) is 53.6 Å². The number of rotatable bonds is 1. The van der Waals surface area contributed by atoms with E-state index in [1.54, 1.807) is 0 Å². The molecule has 1 spiro atoms. The third-order valence-corrected chi connectivity index (χ3v) is 9.15. The molecule has 29 heavy (non-hydrogen) atoms. The van der Waals surface area contributed by atoms with Crippen LogP contribution in [0.1, 0.15) is 65.4 Å². The minimum absolute atomic E-state index is 0.0258. The van der Waals surface area contributed by atoms with Gasteiger partial charge in [-0.05, 0) is 72.5 Å². The van der Waals surface area contributed by atoms with Crippen molar-refractivity contribution in [1.82, 2.24) is 0 Å². The summed E-state index contributed by atoms with van der Waals surface area (Å²) in [4.78, 5) is 26.6. The monoisotopic (exact) mass is 388 g/mol. The highest BCUT2D eigenvalue weighted by Crippen LogP contribution is 2.71. The van der Waals surface area contributed by atoms with Gasteiger partial charge in [0, 0.05) is 17.3 Å². The second-order valence-electron chi connectivity index (χ2n) is 11.2. The van der Waals surface area contributed by atoms with Gasteiger partial charge in [0.25, 0.3) is 0 Å². The van der Waals surface area contributed by atoms with Crippen LogP contribution in [0, 0.1) is 33.5 Å². The normalized spacial score (nSPS) is 43.9. The number of fused-ring (bicyclic) bond motifs is 3. The topological polar surface area (TPSA) is 34.1 Å². The van der Waals surface area contributed by atoms with Gasteiger partial charge >= 0.3 is 0 Å². The van der Waals surface area contributed by atoms with E-state index in [1.807, 2.05) is 18.2 Å². The Hall–Kier alpha value is -1.96. The van der Waals surface area contributed by atoms with Crippen LogP contribution in [0.2, 0.25) is 0 Å². The van der Waals surface area contributed by atoms with E-state index in [2.05, 4.69) is 58.1 Å². The van der Waals surface area contributed by atoms with Crippen molar-refractivity contribution in [2.75, 3.05) is 0 Å². The van der Waals surface area contributed by atoms with Gasteiger partial charge < -0.3 is 0 Å². The Labute approximate surface area is 174 Å². The lowest BCUT2D eigenvalue weighted by Crippen LogP contribution is -2.60. The van der Waals surface area contributed by atoms with E-state index in [0.29, 0.717) is 29.8 Å². The van der Waals surface area contributed by atoms with Crippen molar-refractivity contribution >= 4 is 17.6 Å². The van der Waals surface area contributed by atoms with Gasteiger partial charge in [-0.15, -0.1) is 0 Å². The summed E-state index contributed by atoms with van der Waals surface area (Å²) in [5.41, 5.74) is 1.50. The van der Waals surface area contributed by atoms with Gasteiger partial charge in [0.05, 0.1) is 0 Å². The molecule has 2 nitrogen and oxygen atoms in total. The lowest BCUT2D eigenvalue weighted by atomic mass is 9.39. The Balaban J connectivity index is 1.61. The Morgan fingerprint density at radius 1 is 0.966 bits per heavy atom. The molecule has 3 fully saturated rings. The van der Waals surface area contributed by atoms with Gasteiger partial charge in [-0.2, -0.15) is 0 Å². The summed E-state index contributed by atoms with van der Waals surface area (Å²) in [5.74, 6) is 1.36. The van der Waals surface area contributed by atoms with Crippen LogP contribution in [0.4, 0.5) is 0 Å². The molecular weight excluding hydrogens is 356 g/mol. The molecule has 5 rings (SSSR count). The van der Waals surface area contributed by atoms with E-state index in [-0.39, 0.29) is 21.7 Å². The minimum Gasteiger partial charge on any atom is -0.299 e. The van der Waals surface area contributed by atoms with Crippen LogP contribution >= 0.6 is 0 Å². The first-order valence-corrected chi connectivity index (χ1v) is 11.1. The highest BCUT2D eigenvalue weighted by Gasteiger charge is 2.66. The third kappa shape index (κ3) is 2.47. The zero-order valence-corrected chi connectivity index (χ0v) is 18.1. The number of benzene rings is 1. The van der Waals surface area contributed by atoms with Crippen LogP contribution in [-0.2, 0) is 9.59 Å². The fraction of sp³-hybridized carbons (Fsp3) is 0.556. The molecule has 4 aliphatic rings. The number of carbonyl (C=O) groups is 2. The summed E-state index contributed by atoms with van der Waals surface area (Å²) in [5, 5.41) is 0. The van der Waals surface area contributed by atoms with Crippen LogP contribution < -0.4 is 0 Å². The predicted molar refractivity (Wildman–Crippen MR) is 116 cm³/mol. The van der Waals surface area contributed by atoms with E-state index < -0.39 is 0 Å². The summed E-state index contributed by atoms with van der Waals surface area (Å²) in [6.45, 7) is 8.81. The van der Waals surface area contributed by atoms with Crippen molar-refractivity contribution in [3.8, 4) is 0 Å². The van der Waals surface area contributed by atoms with Gasteiger partial charge in [-0.3, -0.25) is 9.59 Å². The highest BCUT2D eigenvalue weighted by molar-refractivity contribution is 6.04. The largest absolute Gasteiger partial charge is 0.299 e. The Bertz CT molecular complexity index is 952. The van der Waals surface area contributed by atoms with Crippen molar-refractivity contribution in [2.45, 2.75) is 59.8 Å². The SMILES string of the molecule is CC1(C)C(=O)C(=Cc2ccccc2)C[C@]2(C)[C@@H]1CC[C@]13C=C[C@](C)(C1)C(=O)C[C@H]32. The van der Waals surface area contributed by atoms with E-state index in [1.165, 1.54) is 0 Å². The van der Waals surface area contributed by atoms with Gasteiger partial charge in [-0.25, -0.2) is 0 Å². The highest BCUT2D eigenvalue weighted by atomic mass is 16.1. The van der Waals surface area contributed by atoms with Crippen molar-refractivity contribution in [3.63, 3.8) is 0 Å². The maximum atomic E-state index is 13.5. The average molecular weight is 389 g/mol. The number of hydrogen-bond acceptors (Lipinski definition) is 2. The summed E-state index contributed by atoms with van der Waals surface area (Å²) in [6, 6.07) is 10.2. The standard InChI is InChI=1S/C27H32O2/c1-24(2)20-10-11-27-13-12-25(3,17-27)22(28)15-21(27)26(20,4)16-19(23(24)29)14-18-8-6-5-7-9-18/h5-9,12-14,20-21H,10-11,15-17H2,1-4H3/t20-,21+,25-,26-,27+/m1/s1. The minimum atomic E-state index is -0.388. The van der Waals surface area contributed by atoms with E-state index in [4.69, 9.17) is 0 Å². The van der Waals surface area contributed by atoms with Crippen LogP contribution in [-0.4, -0.2) is 11.6 Å². The molecule has 1 aromatic carbocycles. The molecule has 2 bridgehead atoms. The Morgan fingerprint density at radius 3 is 2.41 bits per heavy atom. The fourth-order valence-electron chi connectivity index (χ4n) is 7.79. The van der Waals surface area contributed by atoms with Crippen molar-refractivity contribution in [2.24, 2.45) is 33.5 Å². The zero-order valence-electron chi connectivity index (χ0n) is 18.1. The van der Waals surface area contributed by atoms with Crippen LogP contribution in [0.3, 0.4) is 0 Å². The third-order valence-electron chi connectivity index (χ3n) is 9.15. The molecule has 1 aromatic rings. The lowest BCUT2D eigenvalue weighted by Gasteiger charge is -2.63. The van der Waals surface area contributed by atoms with Crippen molar-refractivity contribution in [1.29, 1.82) is 0 Å². The molecule has 0 saturated heterocycles. The van der Waals surface area contributed by atoms with E-state index in [0.717, 1.165) is 36.8 Å². The Kier molecular flexibility index (Phi) is 3.81. The molecule has 3 saturated carbocycles. The zero-order chi connectivity index (χ0) is 20.7. The number of carbonyl (C=O) groups excluding carboxylic acids is 2. The molecule has 0 heterocycles. The maximum absolute atomic E-state index is 13.5. The maximum Gasteiger partial charge on any atom is 0.164 e. The van der Waals surface area contributed by atoms with Crippen LogP contribution in [0.5, 0.6) is 0 Å². The first kappa shape index (κ1) is 19.0. The second kappa shape index (κ2) is 5.80. The quantitative estimate of drug-likeness (QED) is 0.435. The molecule has 152 valence electrons. The van der Waals surface area contributed by atoms with E-state index >= 15 is 0 Å². The van der Waals surface area contributed by atoms with Gasteiger partial charge in [0.1, 0.15) is 5.78 Å². The van der Waals surface area contributed by atoms with Crippen LogP contribution in [0.15, 0.2) is 48.1 Å². The lowest BCUT2D eigenvalue weighted by molar-refractivity contribution is -0.160. The summed E-state index contributed by atoms with van der Waals surface area (Å²) in [7, 11) is 0. The predicted octanol–water partition coefficient (Wildman–Crippen LogP) is 6.03. The molecule has 0 amide bonds. The first-order valence-electron chi connectivity index (χ1n) is 11.1. The second-order valence-corrected chi connectivity index (χ2v) is 11.2. The molecule has 5 atom stereocenters. The number of allylic oxidation sites excluding steroid dienone is 3. The Morgan fingerprint density at radius 2 is 1.69 bits per heavy atom. The average Bonchev–Trinajstić information content (AvgIpc) is 2.97. The fourth-order valence-corrected chi connectivity index (χ4v) is 7.79. The van der Waals surface area contributed by atoms with E-state index in [9.17, 15) is 9.59 Å². The van der Waals surface area contributed by atoms with Gasteiger partial charge in [-0.1, -0.05) is 63.3 Å². The first-order chi connectivity index (χ1) is 13.6. The molecule has 0 N–H and O–H groups in total. The molecule has 2 heteroatoms. The summed E-state index contributed by atoms with van der Waals surface area (Å²) >= 11 is 0. The molecule has 0 aromatic heterocycles. The number of ketones is 2. The summed E-state index contributed by atoms with van der Waals surface area (Å²) < 4.78 is 0. The van der Waals surface area contributed by atoms with Gasteiger partial charge in [0.2, 0.25) is 0 Å². The van der Waals surface area contributed by atoms with Crippen molar-refractivity contribution < 1.29 is 9.59 Å². The summed E-state index contributed by atoms with van der Waals surface area (Å²) in [6.07, 6.45) is 11.3. The smallest absolute Gasteiger partial charge is 0.164 e. The number of hydrogen-bond donors (Lipinski definition) is 0. The van der Waals surface area contributed by atoms with Gasteiger partial charge in [0.15, 0.2) is 5.78 Å². The van der Waals surface area contributed by atoms with Crippen LogP contribution in [0.25, 0.3) is 6.08 Å².